The normalized spacial score (nSPS) is 15.9. The average molecular weight is 549 g/mol. The number of rotatable bonds is 10. The Kier molecular flexibility index (Phi) is 11.9. The van der Waals surface area contributed by atoms with Crippen LogP contribution < -0.4 is 16.0 Å². The van der Waals surface area contributed by atoms with Crippen LogP contribution in [0.5, 0.6) is 0 Å². The van der Waals surface area contributed by atoms with Crippen molar-refractivity contribution >= 4 is 41.3 Å². The quantitative estimate of drug-likeness (QED) is 0.408. The van der Waals surface area contributed by atoms with E-state index in [-0.39, 0.29) is 29.6 Å². The van der Waals surface area contributed by atoms with Crippen molar-refractivity contribution in [3.8, 4) is 0 Å². The first kappa shape index (κ1) is 31.5. The number of aryl methyl sites for hydroxylation is 1. The van der Waals surface area contributed by atoms with Gasteiger partial charge in [-0.3, -0.25) is 14.4 Å². The zero-order chi connectivity index (χ0) is 28.5. The van der Waals surface area contributed by atoms with Gasteiger partial charge in [0.1, 0.15) is 17.7 Å². The number of nitrogens with one attached hydrogen (secondary N) is 3. The largest absolute Gasteiger partial charge is 0.444 e. The molecule has 10 heteroatoms. The molecule has 1 heterocycles. The second-order valence-corrected chi connectivity index (χ2v) is 12.2. The fourth-order valence-electron chi connectivity index (χ4n) is 4.19. The molecule has 0 spiro atoms. The first-order chi connectivity index (χ1) is 17.8. The van der Waals surface area contributed by atoms with Gasteiger partial charge >= 0.3 is 6.09 Å². The Morgan fingerprint density at radius 3 is 2.18 bits per heavy atom. The van der Waals surface area contributed by atoms with Crippen molar-refractivity contribution in [2.24, 2.45) is 11.8 Å². The number of piperidine rings is 1. The van der Waals surface area contributed by atoms with Crippen molar-refractivity contribution in [2.75, 3.05) is 30.4 Å². The average Bonchev–Trinajstić information content (AvgIpc) is 2.84. The lowest BCUT2D eigenvalue weighted by Crippen LogP contribution is -2.54. The van der Waals surface area contributed by atoms with Gasteiger partial charge < -0.3 is 25.6 Å². The van der Waals surface area contributed by atoms with Gasteiger partial charge in [-0.05, 0) is 77.0 Å². The number of anilines is 1. The van der Waals surface area contributed by atoms with Gasteiger partial charge in [0.15, 0.2) is 0 Å². The van der Waals surface area contributed by atoms with Gasteiger partial charge in [0.2, 0.25) is 17.7 Å². The lowest BCUT2D eigenvalue weighted by Gasteiger charge is -2.34. The van der Waals surface area contributed by atoms with Gasteiger partial charge in [-0.25, -0.2) is 4.79 Å². The van der Waals surface area contributed by atoms with Crippen LogP contribution in [0.4, 0.5) is 10.5 Å². The highest BCUT2D eigenvalue weighted by Crippen LogP contribution is 2.20. The van der Waals surface area contributed by atoms with Crippen LogP contribution in [0.15, 0.2) is 24.3 Å². The van der Waals surface area contributed by atoms with E-state index in [4.69, 9.17) is 4.74 Å². The second-order valence-electron chi connectivity index (χ2n) is 11.2. The molecule has 3 N–H and O–H groups in total. The maximum Gasteiger partial charge on any atom is 0.408 e. The summed E-state index contributed by atoms with van der Waals surface area (Å²) < 4.78 is 5.34. The van der Waals surface area contributed by atoms with Crippen molar-refractivity contribution in [1.82, 2.24) is 15.5 Å². The number of likely N-dealkylation sites (tertiary alicyclic amines) is 1. The van der Waals surface area contributed by atoms with E-state index in [9.17, 15) is 19.2 Å². The minimum absolute atomic E-state index is 0.0952. The molecule has 0 bridgehead atoms. The molecule has 2 atom stereocenters. The Hall–Kier alpha value is -2.75. The number of carbonyl (C=O) groups excluding carboxylic acids is 4. The van der Waals surface area contributed by atoms with E-state index in [1.54, 1.807) is 37.4 Å². The topological polar surface area (TPSA) is 117 Å². The highest BCUT2D eigenvalue weighted by atomic mass is 32.2. The number of benzene rings is 1. The third kappa shape index (κ3) is 10.2. The number of hydrogen-bond acceptors (Lipinski definition) is 6. The van der Waals surface area contributed by atoms with Crippen LogP contribution in [0.2, 0.25) is 0 Å². The maximum absolute atomic E-state index is 13.2. The molecular formula is C28H44N4O5S. The summed E-state index contributed by atoms with van der Waals surface area (Å²) in [5.74, 6) is -0.276. The van der Waals surface area contributed by atoms with Gasteiger partial charge in [-0.2, -0.15) is 11.8 Å². The Morgan fingerprint density at radius 1 is 1.05 bits per heavy atom. The molecule has 4 amide bonds. The molecule has 0 radical (unpaired) electrons. The van der Waals surface area contributed by atoms with Gasteiger partial charge in [0.05, 0.1) is 0 Å². The fraction of sp³-hybridized carbons (Fsp3) is 0.643. The maximum atomic E-state index is 13.2. The standard InChI is InChI=1S/C28H44N4O5S/c1-18(2)23(25(34)29-21-10-8-19(3)9-11-21)31-24(33)20-12-15-32(16-13-20)26(35)22(14-17-38-7)30-27(36)37-28(4,5)6/h8-11,18,20,22-23H,12-17H2,1-7H3,(H,29,34)(H,30,36)(H,31,33)/t22-,23+/m0/s1. The van der Waals surface area contributed by atoms with Crippen LogP contribution >= 0.6 is 11.8 Å². The van der Waals surface area contributed by atoms with Crippen molar-refractivity contribution < 1.29 is 23.9 Å². The molecule has 38 heavy (non-hydrogen) atoms. The van der Waals surface area contributed by atoms with E-state index < -0.39 is 23.8 Å². The lowest BCUT2D eigenvalue weighted by atomic mass is 9.94. The van der Waals surface area contributed by atoms with E-state index in [1.165, 1.54) is 0 Å². The highest BCUT2D eigenvalue weighted by Gasteiger charge is 2.34. The predicted molar refractivity (Wildman–Crippen MR) is 152 cm³/mol. The molecule has 1 aliphatic rings. The van der Waals surface area contributed by atoms with Gasteiger partial charge in [0.25, 0.3) is 0 Å². The summed E-state index contributed by atoms with van der Waals surface area (Å²) in [4.78, 5) is 53.2. The number of nitrogens with zero attached hydrogens (tertiary/aromatic N) is 1. The molecule has 1 saturated heterocycles. The molecule has 9 nitrogen and oxygen atoms in total. The Labute approximate surface area is 231 Å². The number of carbonyl (C=O) groups is 4. The van der Waals surface area contributed by atoms with Crippen LogP contribution in [-0.2, 0) is 19.1 Å². The van der Waals surface area contributed by atoms with Crippen LogP contribution in [-0.4, -0.2) is 71.5 Å². The zero-order valence-electron chi connectivity index (χ0n) is 23.8. The van der Waals surface area contributed by atoms with Gasteiger partial charge in [0, 0.05) is 24.7 Å². The molecule has 1 aliphatic heterocycles. The highest BCUT2D eigenvalue weighted by molar-refractivity contribution is 7.98. The molecule has 1 aromatic rings. The molecule has 1 aromatic carbocycles. The first-order valence-electron chi connectivity index (χ1n) is 13.3. The molecule has 0 saturated carbocycles. The van der Waals surface area contributed by atoms with E-state index in [0.717, 1.165) is 5.56 Å². The minimum Gasteiger partial charge on any atom is -0.444 e. The molecule has 2 rings (SSSR count). The summed E-state index contributed by atoms with van der Waals surface area (Å²) in [5.41, 5.74) is 1.12. The number of alkyl carbamates (subject to hydrolysis) is 1. The summed E-state index contributed by atoms with van der Waals surface area (Å²) in [6.07, 6.45) is 2.80. The third-order valence-electron chi connectivity index (χ3n) is 6.34. The van der Waals surface area contributed by atoms with E-state index in [2.05, 4.69) is 16.0 Å². The Balaban J connectivity index is 1.94. The minimum atomic E-state index is -0.682. The number of thioether (sulfide) groups is 1. The van der Waals surface area contributed by atoms with Gasteiger partial charge in [-0.15, -0.1) is 0 Å². The van der Waals surface area contributed by atoms with Crippen molar-refractivity contribution in [3.63, 3.8) is 0 Å². The molecule has 0 aromatic heterocycles. The number of hydrogen-bond donors (Lipinski definition) is 3. The fourth-order valence-corrected chi connectivity index (χ4v) is 4.66. The number of ether oxygens (including phenoxy) is 1. The third-order valence-corrected chi connectivity index (χ3v) is 6.99. The second kappa shape index (κ2) is 14.4. The van der Waals surface area contributed by atoms with Crippen LogP contribution in [0.3, 0.4) is 0 Å². The SMILES string of the molecule is CSCC[C@H](NC(=O)OC(C)(C)C)C(=O)N1CCC(C(=O)N[C@@H](C(=O)Nc2ccc(C)cc2)C(C)C)CC1. The molecular weight excluding hydrogens is 504 g/mol. The van der Waals surface area contributed by atoms with Crippen molar-refractivity contribution in [1.29, 1.82) is 0 Å². The summed E-state index contributed by atoms with van der Waals surface area (Å²) in [6, 6.07) is 6.16. The van der Waals surface area contributed by atoms with E-state index in [1.807, 2.05) is 51.3 Å². The van der Waals surface area contributed by atoms with Crippen LogP contribution in [0.25, 0.3) is 0 Å². The summed E-state index contributed by atoms with van der Waals surface area (Å²) in [5, 5.41) is 8.54. The smallest absolute Gasteiger partial charge is 0.408 e. The van der Waals surface area contributed by atoms with E-state index in [0.29, 0.717) is 43.8 Å². The summed E-state index contributed by atoms with van der Waals surface area (Å²) in [7, 11) is 0. The number of amides is 4. The van der Waals surface area contributed by atoms with Crippen molar-refractivity contribution in [3.05, 3.63) is 29.8 Å². The van der Waals surface area contributed by atoms with Gasteiger partial charge in [-0.1, -0.05) is 31.5 Å². The zero-order valence-corrected chi connectivity index (χ0v) is 24.6. The molecule has 0 unspecified atom stereocenters. The summed E-state index contributed by atoms with van der Waals surface area (Å²) >= 11 is 1.60. The lowest BCUT2D eigenvalue weighted by molar-refractivity contribution is -0.138. The molecule has 212 valence electrons. The Morgan fingerprint density at radius 2 is 1.66 bits per heavy atom. The van der Waals surface area contributed by atoms with Crippen molar-refractivity contribution in [2.45, 2.75) is 78.5 Å². The monoisotopic (exact) mass is 548 g/mol. The first-order valence-corrected chi connectivity index (χ1v) is 14.6. The van der Waals surface area contributed by atoms with E-state index >= 15 is 0 Å². The van der Waals surface area contributed by atoms with Crippen LogP contribution in [0, 0.1) is 18.8 Å². The Bertz CT molecular complexity index is 953. The summed E-state index contributed by atoms with van der Waals surface area (Å²) in [6.45, 7) is 11.9. The molecule has 1 fully saturated rings. The predicted octanol–water partition coefficient (Wildman–Crippen LogP) is 3.96. The molecule has 0 aliphatic carbocycles. The van der Waals surface area contributed by atoms with Crippen LogP contribution in [0.1, 0.15) is 59.4 Å².